The first-order valence-corrected chi connectivity index (χ1v) is 12.0. The van der Waals surface area contributed by atoms with E-state index in [-0.39, 0.29) is 19.1 Å². The van der Waals surface area contributed by atoms with E-state index >= 15 is 0 Å². The van der Waals surface area contributed by atoms with Crippen LogP contribution in [0.4, 0.5) is 0 Å². The summed E-state index contributed by atoms with van der Waals surface area (Å²) >= 11 is 0. The molecule has 0 aliphatic heterocycles. The molecule has 1 aliphatic rings. The van der Waals surface area contributed by atoms with E-state index in [0.29, 0.717) is 18.1 Å². The summed E-state index contributed by atoms with van der Waals surface area (Å²) < 4.78 is 0. The molecular formula is C30H48O2. The molecule has 2 heteroatoms. The van der Waals surface area contributed by atoms with Crippen LogP contribution in [0.2, 0.25) is 0 Å². The summed E-state index contributed by atoms with van der Waals surface area (Å²) in [4.78, 5) is 21.9. The Bertz CT molecular complexity index is 733. The highest BCUT2D eigenvalue weighted by Crippen LogP contribution is 2.31. The van der Waals surface area contributed by atoms with Crippen LogP contribution in [0.25, 0.3) is 11.1 Å². The van der Waals surface area contributed by atoms with Gasteiger partial charge in [0.1, 0.15) is 11.6 Å². The van der Waals surface area contributed by atoms with Crippen molar-refractivity contribution in [2.24, 2.45) is 11.8 Å². The molecule has 0 unspecified atom stereocenters. The lowest BCUT2D eigenvalue weighted by molar-refractivity contribution is -0.122. The number of Topliss-reactive ketones (excluding diaryl/α,β-unsaturated/α-hetero) is 2. The zero-order valence-electron chi connectivity index (χ0n) is 21.1. The van der Waals surface area contributed by atoms with Gasteiger partial charge in [0.2, 0.25) is 0 Å². The molecule has 0 amide bonds. The molecule has 180 valence electrons. The number of carbonyl (C=O) groups excluding carboxylic acids is 2. The van der Waals surface area contributed by atoms with Crippen molar-refractivity contribution in [2.75, 3.05) is 0 Å². The van der Waals surface area contributed by atoms with Crippen molar-refractivity contribution in [3.8, 4) is 11.1 Å². The molecule has 3 rings (SSSR count). The Balaban J connectivity index is 0. The number of aryl methyl sites for hydroxylation is 2. The second kappa shape index (κ2) is 18.4. The van der Waals surface area contributed by atoms with E-state index in [9.17, 15) is 9.59 Å². The fourth-order valence-corrected chi connectivity index (χ4v) is 3.95. The Labute approximate surface area is 198 Å². The molecule has 0 bridgehead atoms. The number of hydrogen-bond donors (Lipinski definition) is 0. The molecule has 0 radical (unpaired) electrons. The lowest BCUT2D eigenvalue weighted by Gasteiger charge is -2.26. The number of hydrogen-bond acceptors (Lipinski definition) is 2. The van der Waals surface area contributed by atoms with Crippen LogP contribution in [-0.4, -0.2) is 11.6 Å². The first-order chi connectivity index (χ1) is 14.8. The summed E-state index contributed by atoms with van der Waals surface area (Å²) in [6.45, 7) is 15.6. The van der Waals surface area contributed by atoms with Crippen molar-refractivity contribution >= 4 is 11.6 Å². The summed E-state index contributed by atoms with van der Waals surface area (Å²) in [5, 5.41) is 0. The fraction of sp³-hybridized carbons (Fsp3) is 0.533. The van der Waals surface area contributed by atoms with Gasteiger partial charge < -0.3 is 4.79 Å². The van der Waals surface area contributed by atoms with Crippen LogP contribution < -0.4 is 0 Å². The third-order valence-electron chi connectivity index (χ3n) is 5.33. The van der Waals surface area contributed by atoms with E-state index in [2.05, 4.69) is 56.3 Å². The van der Waals surface area contributed by atoms with Crippen molar-refractivity contribution in [1.82, 2.24) is 0 Å². The van der Waals surface area contributed by atoms with Crippen LogP contribution in [0, 0.1) is 25.7 Å². The molecule has 0 saturated heterocycles. The van der Waals surface area contributed by atoms with Crippen LogP contribution in [0.5, 0.6) is 0 Å². The molecule has 0 spiro atoms. The average Bonchev–Trinajstić information content (AvgIpc) is 2.77. The molecule has 1 aliphatic carbocycles. The van der Waals surface area contributed by atoms with Crippen LogP contribution in [0.1, 0.15) is 92.2 Å². The highest BCUT2D eigenvalue weighted by Gasteiger charge is 2.24. The molecule has 1 fully saturated rings. The van der Waals surface area contributed by atoms with Gasteiger partial charge in [-0.25, -0.2) is 0 Å². The molecule has 32 heavy (non-hydrogen) atoms. The van der Waals surface area contributed by atoms with Crippen LogP contribution in [0.15, 0.2) is 48.5 Å². The number of carbonyl (C=O) groups is 2. The van der Waals surface area contributed by atoms with Gasteiger partial charge in [-0.05, 0) is 70.4 Å². The van der Waals surface area contributed by atoms with Gasteiger partial charge in [-0.1, -0.05) is 94.8 Å². The molecule has 2 nitrogen and oxygen atoms in total. The second-order valence-corrected chi connectivity index (χ2v) is 7.98. The van der Waals surface area contributed by atoms with Crippen LogP contribution in [0.3, 0.4) is 0 Å². The van der Waals surface area contributed by atoms with E-state index in [1.165, 1.54) is 22.3 Å². The minimum atomic E-state index is 0. The molecule has 0 N–H and O–H groups in total. The Morgan fingerprint density at radius 2 is 1.22 bits per heavy atom. The fourth-order valence-electron chi connectivity index (χ4n) is 3.95. The Kier molecular flexibility index (Phi) is 18.3. The largest absolute Gasteiger partial charge is 0.300 e. The maximum Gasteiger partial charge on any atom is 0.132 e. The van der Waals surface area contributed by atoms with Crippen molar-refractivity contribution in [3.05, 3.63) is 59.7 Å². The lowest BCUT2D eigenvalue weighted by atomic mass is 9.78. The third kappa shape index (κ3) is 12.6. The van der Waals surface area contributed by atoms with E-state index in [0.717, 1.165) is 25.7 Å². The first kappa shape index (κ1) is 32.0. The molecule has 0 heterocycles. The maximum absolute atomic E-state index is 11.1. The predicted molar refractivity (Wildman–Crippen MR) is 142 cm³/mol. The maximum atomic E-state index is 11.1. The van der Waals surface area contributed by atoms with Crippen molar-refractivity contribution < 1.29 is 9.59 Å². The normalized spacial score (nSPS) is 16.4. The number of benzene rings is 2. The smallest absolute Gasteiger partial charge is 0.132 e. The summed E-state index contributed by atoms with van der Waals surface area (Å²) in [7, 11) is 0. The SMILES string of the molecule is C.CC.CC.CC(=O)CC1CCC(C(C)=O)CC1.Cc1cc(C)cc(-c2ccccc2)c1. The summed E-state index contributed by atoms with van der Waals surface area (Å²) in [5.74, 6) is 1.43. The van der Waals surface area contributed by atoms with Gasteiger partial charge in [0, 0.05) is 12.3 Å². The highest BCUT2D eigenvalue weighted by atomic mass is 16.1. The van der Waals surface area contributed by atoms with Crippen molar-refractivity contribution in [3.63, 3.8) is 0 Å². The Morgan fingerprint density at radius 1 is 0.750 bits per heavy atom. The van der Waals surface area contributed by atoms with Gasteiger partial charge in [-0.2, -0.15) is 0 Å². The average molecular weight is 441 g/mol. The highest BCUT2D eigenvalue weighted by molar-refractivity contribution is 5.78. The van der Waals surface area contributed by atoms with Crippen LogP contribution in [-0.2, 0) is 9.59 Å². The predicted octanol–water partition coefficient (Wildman–Crippen LogP) is 9.02. The third-order valence-corrected chi connectivity index (χ3v) is 5.33. The standard InChI is InChI=1S/C14H14.C11H18O2.2C2H6.CH4/c1-11-8-12(2)10-14(9-11)13-6-4-3-5-7-13;1-8(12)7-10-3-5-11(6-4-10)9(2)13;2*1-2;/h3-10H,1-2H3;10-11H,3-7H2,1-2H3;2*1-2H3;1H4. The second-order valence-electron chi connectivity index (χ2n) is 7.98. The lowest BCUT2D eigenvalue weighted by Crippen LogP contribution is -2.20. The first-order valence-electron chi connectivity index (χ1n) is 12.0. The topological polar surface area (TPSA) is 34.1 Å². The van der Waals surface area contributed by atoms with Gasteiger partial charge in [0.05, 0.1) is 0 Å². The Hall–Kier alpha value is -2.22. The minimum Gasteiger partial charge on any atom is -0.300 e. The van der Waals surface area contributed by atoms with E-state index < -0.39 is 0 Å². The molecule has 2 aromatic carbocycles. The molecule has 1 saturated carbocycles. The van der Waals surface area contributed by atoms with Gasteiger partial charge in [0.25, 0.3) is 0 Å². The van der Waals surface area contributed by atoms with E-state index in [4.69, 9.17) is 0 Å². The van der Waals surface area contributed by atoms with Gasteiger partial charge in [-0.3, -0.25) is 4.79 Å². The summed E-state index contributed by atoms with van der Waals surface area (Å²) in [6, 6.07) is 17.1. The van der Waals surface area contributed by atoms with Gasteiger partial charge in [-0.15, -0.1) is 0 Å². The van der Waals surface area contributed by atoms with Gasteiger partial charge in [0.15, 0.2) is 0 Å². The number of rotatable bonds is 4. The quantitative estimate of drug-likeness (QED) is 0.475. The van der Waals surface area contributed by atoms with Crippen molar-refractivity contribution in [1.29, 1.82) is 0 Å². The molecular weight excluding hydrogens is 392 g/mol. The monoisotopic (exact) mass is 440 g/mol. The summed E-state index contributed by atoms with van der Waals surface area (Å²) in [5.41, 5.74) is 5.25. The molecule has 2 aromatic rings. The zero-order valence-corrected chi connectivity index (χ0v) is 21.1. The van der Waals surface area contributed by atoms with Crippen LogP contribution >= 0.6 is 0 Å². The molecule has 0 aromatic heterocycles. The van der Waals surface area contributed by atoms with Gasteiger partial charge >= 0.3 is 0 Å². The van der Waals surface area contributed by atoms with E-state index in [1.807, 2.05) is 33.8 Å². The zero-order chi connectivity index (χ0) is 23.8. The molecule has 0 atom stereocenters. The summed E-state index contributed by atoms with van der Waals surface area (Å²) in [6.07, 6.45) is 4.82. The Morgan fingerprint density at radius 3 is 1.62 bits per heavy atom. The minimum absolute atomic E-state index is 0. The van der Waals surface area contributed by atoms with E-state index in [1.54, 1.807) is 13.8 Å². The number of ketones is 2. The van der Waals surface area contributed by atoms with Crippen molar-refractivity contribution in [2.45, 2.75) is 94.9 Å².